The predicted molar refractivity (Wildman–Crippen MR) is 80.1 cm³/mol. The van der Waals surface area contributed by atoms with E-state index in [1.807, 2.05) is 0 Å². The van der Waals surface area contributed by atoms with Crippen molar-refractivity contribution in [3.8, 4) is 0 Å². The minimum absolute atomic E-state index is 0.340. The van der Waals surface area contributed by atoms with Gasteiger partial charge in [0.25, 0.3) is 0 Å². The Morgan fingerprint density at radius 3 is 2.21 bits per heavy atom. The first-order chi connectivity index (χ1) is 9.00. The van der Waals surface area contributed by atoms with E-state index in [2.05, 4.69) is 47.5 Å². The van der Waals surface area contributed by atoms with Crippen LogP contribution in [0.25, 0.3) is 0 Å². The van der Waals surface area contributed by atoms with Crippen LogP contribution in [0.2, 0.25) is 5.15 Å². The molecule has 0 bridgehead atoms. The summed E-state index contributed by atoms with van der Waals surface area (Å²) in [7, 11) is 0. The van der Waals surface area contributed by atoms with Gasteiger partial charge in [-0.05, 0) is 19.8 Å². The summed E-state index contributed by atoms with van der Waals surface area (Å²) in [4.78, 5) is 13.4. The minimum atomic E-state index is 0.340. The van der Waals surface area contributed by atoms with Gasteiger partial charge in [-0.3, -0.25) is 4.90 Å². The molecule has 0 radical (unpaired) electrons. The van der Waals surface area contributed by atoms with E-state index in [0.29, 0.717) is 17.1 Å². The van der Waals surface area contributed by atoms with Crippen molar-refractivity contribution in [2.24, 2.45) is 0 Å². The van der Waals surface area contributed by atoms with E-state index in [4.69, 9.17) is 11.6 Å². The summed E-state index contributed by atoms with van der Waals surface area (Å²) < 4.78 is 0. The highest BCUT2D eigenvalue weighted by Crippen LogP contribution is 2.31. The highest BCUT2D eigenvalue weighted by molar-refractivity contribution is 6.30. The van der Waals surface area contributed by atoms with Crippen molar-refractivity contribution >= 4 is 17.4 Å². The number of hydrogen-bond donors (Lipinski definition) is 0. The Morgan fingerprint density at radius 2 is 1.68 bits per heavy atom. The van der Waals surface area contributed by atoms with Crippen LogP contribution in [0, 0.1) is 0 Å². The van der Waals surface area contributed by atoms with E-state index in [0.717, 1.165) is 37.6 Å². The maximum atomic E-state index is 6.23. The van der Waals surface area contributed by atoms with Gasteiger partial charge in [0, 0.05) is 37.8 Å². The lowest BCUT2D eigenvalue weighted by atomic mass is 10.1. The molecule has 2 rings (SSSR count). The monoisotopic (exact) mass is 282 g/mol. The van der Waals surface area contributed by atoms with Gasteiger partial charge in [0.2, 0.25) is 0 Å². The van der Waals surface area contributed by atoms with E-state index in [9.17, 15) is 0 Å². The van der Waals surface area contributed by atoms with Crippen LogP contribution in [0.4, 0.5) is 5.82 Å². The van der Waals surface area contributed by atoms with Gasteiger partial charge < -0.3 is 4.90 Å². The number of hydrogen-bond acceptors (Lipinski definition) is 4. The third-order valence-corrected chi connectivity index (χ3v) is 4.04. The fourth-order valence-corrected chi connectivity index (χ4v) is 2.91. The van der Waals surface area contributed by atoms with Crippen molar-refractivity contribution < 1.29 is 0 Å². The molecule has 5 heteroatoms. The molecule has 1 aromatic heterocycles. The minimum Gasteiger partial charge on any atom is -0.354 e. The predicted octanol–water partition coefficient (Wildman–Crippen LogP) is 2.78. The van der Waals surface area contributed by atoms with Crippen LogP contribution in [0.15, 0.2) is 6.33 Å². The summed E-state index contributed by atoms with van der Waals surface area (Å²) >= 11 is 6.23. The van der Waals surface area contributed by atoms with Gasteiger partial charge >= 0.3 is 0 Å². The molecule has 0 spiro atoms. The topological polar surface area (TPSA) is 32.3 Å². The van der Waals surface area contributed by atoms with E-state index >= 15 is 0 Å². The van der Waals surface area contributed by atoms with Crippen molar-refractivity contribution in [2.75, 3.05) is 31.1 Å². The maximum Gasteiger partial charge on any atom is 0.138 e. The molecule has 0 atom stereocenters. The van der Waals surface area contributed by atoms with E-state index < -0.39 is 0 Å². The Bertz CT molecular complexity index is 425. The molecule has 1 aliphatic rings. The van der Waals surface area contributed by atoms with Gasteiger partial charge in [0.1, 0.15) is 17.3 Å². The first kappa shape index (κ1) is 14.5. The lowest BCUT2D eigenvalue weighted by molar-refractivity contribution is 0.209. The van der Waals surface area contributed by atoms with Crippen LogP contribution in [0.1, 0.15) is 39.2 Å². The van der Waals surface area contributed by atoms with Crippen LogP contribution < -0.4 is 4.90 Å². The summed E-state index contributed by atoms with van der Waals surface area (Å²) in [5.41, 5.74) is 1.07. The molecule has 2 heterocycles. The summed E-state index contributed by atoms with van der Waals surface area (Å²) in [6, 6.07) is 0.612. The molecular weight excluding hydrogens is 260 g/mol. The second-order valence-electron chi connectivity index (χ2n) is 5.67. The Morgan fingerprint density at radius 1 is 1.05 bits per heavy atom. The molecule has 0 N–H and O–H groups in total. The van der Waals surface area contributed by atoms with Gasteiger partial charge in [-0.25, -0.2) is 9.97 Å². The quantitative estimate of drug-likeness (QED) is 0.798. The Kier molecular flexibility index (Phi) is 4.63. The Hall–Kier alpha value is -0.870. The van der Waals surface area contributed by atoms with Crippen molar-refractivity contribution in [1.29, 1.82) is 0 Å². The molecule has 1 aliphatic heterocycles. The van der Waals surface area contributed by atoms with Gasteiger partial charge in [-0.15, -0.1) is 0 Å². The fraction of sp³-hybridized carbons (Fsp3) is 0.714. The van der Waals surface area contributed by atoms with Crippen LogP contribution >= 0.6 is 11.6 Å². The molecule has 106 valence electrons. The summed E-state index contributed by atoms with van der Waals surface area (Å²) in [6.45, 7) is 12.9. The number of nitrogens with zero attached hydrogens (tertiary/aromatic N) is 4. The van der Waals surface area contributed by atoms with Crippen LogP contribution in [0.3, 0.4) is 0 Å². The zero-order chi connectivity index (χ0) is 14.0. The molecule has 19 heavy (non-hydrogen) atoms. The highest BCUT2D eigenvalue weighted by atomic mass is 35.5. The van der Waals surface area contributed by atoms with Crippen molar-refractivity contribution in [3.63, 3.8) is 0 Å². The average molecular weight is 283 g/mol. The molecule has 4 nitrogen and oxygen atoms in total. The zero-order valence-electron chi connectivity index (χ0n) is 12.2. The molecule has 0 unspecified atom stereocenters. The lowest BCUT2D eigenvalue weighted by Gasteiger charge is -2.38. The number of rotatable bonds is 3. The van der Waals surface area contributed by atoms with Crippen LogP contribution in [-0.4, -0.2) is 47.1 Å². The van der Waals surface area contributed by atoms with Crippen molar-refractivity contribution in [1.82, 2.24) is 14.9 Å². The molecule has 1 fully saturated rings. The highest BCUT2D eigenvalue weighted by Gasteiger charge is 2.23. The fourth-order valence-electron chi connectivity index (χ4n) is 2.56. The first-order valence-corrected chi connectivity index (χ1v) is 7.38. The van der Waals surface area contributed by atoms with Crippen molar-refractivity contribution in [3.05, 3.63) is 17.0 Å². The summed E-state index contributed by atoms with van der Waals surface area (Å²) in [5, 5.41) is 0.589. The first-order valence-electron chi connectivity index (χ1n) is 7.00. The smallest absolute Gasteiger partial charge is 0.138 e. The SMILES string of the molecule is CC(C)c1c(Cl)ncnc1N1CCN(C(C)C)CC1. The number of piperazine rings is 1. The normalized spacial score (nSPS) is 17.5. The second-order valence-corrected chi connectivity index (χ2v) is 6.03. The maximum absolute atomic E-state index is 6.23. The molecule has 0 aliphatic carbocycles. The second kappa shape index (κ2) is 6.06. The molecule has 1 saturated heterocycles. The van der Waals surface area contributed by atoms with E-state index in [1.165, 1.54) is 0 Å². The molecular formula is C14H23ClN4. The zero-order valence-corrected chi connectivity index (χ0v) is 13.0. The third kappa shape index (κ3) is 3.18. The number of anilines is 1. The molecule has 0 aromatic carbocycles. The van der Waals surface area contributed by atoms with Crippen molar-refractivity contribution in [2.45, 2.75) is 39.7 Å². The Balaban J connectivity index is 2.18. The number of aromatic nitrogens is 2. The third-order valence-electron chi connectivity index (χ3n) is 3.74. The standard InChI is InChI=1S/C14H23ClN4/c1-10(2)12-13(15)16-9-17-14(12)19-7-5-18(6-8-19)11(3)4/h9-11H,5-8H2,1-4H3. The number of halogens is 1. The van der Waals surface area contributed by atoms with Gasteiger partial charge in [-0.2, -0.15) is 0 Å². The van der Waals surface area contributed by atoms with Crippen LogP contribution in [0.5, 0.6) is 0 Å². The van der Waals surface area contributed by atoms with E-state index in [1.54, 1.807) is 6.33 Å². The van der Waals surface area contributed by atoms with Gasteiger partial charge in [0.15, 0.2) is 0 Å². The molecule has 0 amide bonds. The molecule has 0 saturated carbocycles. The average Bonchev–Trinajstić information content (AvgIpc) is 2.38. The lowest BCUT2D eigenvalue weighted by Crippen LogP contribution is -2.49. The van der Waals surface area contributed by atoms with Crippen LogP contribution in [-0.2, 0) is 0 Å². The van der Waals surface area contributed by atoms with Gasteiger partial charge in [-0.1, -0.05) is 25.4 Å². The summed E-state index contributed by atoms with van der Waals surface area (Å²) in [6.07, 6.45) is 1.57. The largest absolute Gasteiger partial charge is 0.354 e. The van der Waals surface area contributed by atoms with Gasteiger partial charge in [0.05, 0.1) is 0 Å². The summed E-state index contributed by atoms with van der Waals surface area (Å²) in [5.74, 6) is 1.35. The van der Waals surface area contributed by atoms with E-state index in [-0.39, 0.29) is 0 Å². The molecule has 1 aromatic rings. The Labute approximate surface area is 120 Å².